The first-order chi connectivity index (χ1) is 10.0. The normalized spacial score (nSPS) is 16.3. The largest absolute Gasteiger partial charge is 0.449 e. The van der Waals surface area contributed by atoms with Gasteiger partial charge in [-0.15, -0.1) is 0 Å². The molecule has 3 nitrogen and oxygen atoms in total. The minimum absolute atomic E-state index is 0.776. The van der Waals surface area contributed by atoms with Crippen LogP contribution >= 0.6 is 0 Å². The summed E-state index contributed by atoms with van der Waals surface area (Å²) in [5, 5.41) is 10.5. The van der Waals surface area contributed by atoms with E-state index in [0.717, 1.165) is 16.7 Å². The standard InChI is InChI=1S/C18H18O3/c1-17(2,19)15-10-6-7-11-16(15)18(20-12-13-21-18)14-8-4-3-5-9-14/h3-13,19H,1-2H3. The van der Waals surface area contributed by atoms with Gasteiger partial charge in [0.15, 0.2) is 0 Å². The monoisotopic (exact) mass is 282 g/mol. The lowest BCUT2D eigenvalue weighted by Gasteiger charge is -2.33. The van der Waals surface area contributed by atoms with E-state index >= 15 is 0 Å². The van der Waals surface area contributed by atoms with Crippen LogP contribution in [0.5, 0.6) is 0 Å². The number of benzene rings is 2. The molecular formula is C18H18O3. The molecule has 3 rings (SSSR count). The van der Waals surface area contributed by atoms with Crippen LogP contribution in [0.4, 0.5) is 0 Å². The van der Waals surface area contributed by atoms with E-state index in [0.29, 0.717) is 0 Å². The van der Waals surface area contributed by atoms with Crippen LogP contribution in [0.2, 0.25) is 0 Å². The Bertz CT molecular complexity index is 646. The van der Waals surface area contributed by atoms with E-state index in [1.165, 1.54) is 12.5 Å². The van der Waals surface area contributed by atoms with E-state index in [1.54, 1.807) is 13.8 Å². The summed E-state index contributed by atoms with van der Waals surface area (Å²) in [4.78, 5) is 0. The Morgan fingerprint density at radius 2 is 1.43 bits per heavy atom. The zero-order chi connectivity index (χ0) is 14.9. The van der Waals surface area contributed by atoms with E-state index < -0.39 is 11.4 Å². The summed E-state index contributed by atoms with van der Waals surface area (Å²) in [5.74, 6) is -1.04. The van der Waals surface area contributed by atoms with Crippen LogP contribution in [0.25, 0.3) is 0 Å². The maximum Gasteiger partial charge on any atom is 0.304 e. The van der Waals surface area contributed by atoms with Crippen molar-refractivity contribution < 1.29 is 14.6 Å². The van der Waals surface area contributed by atoms with Crippen LogP contribution in [0.3, 0.4) is 0 Å². The van der Waals surface area contributed by atoms with Gasteiger partial charge >= 0.3 is 5.79 Å². The molecule has 0 saturated heterocycles. The molecule has 1 N–H and O–H groups in total. The topological polar surface area (TPSA) is 38.7 Å². The highest BCUT2D eigenvalue weighted by Gasteiger charge is 2.43. The molecule has 21 heavy (non-hydrogen) atoms. The minimum Gasteiger partial charge on any atom is -0.449 e. The van der Waals surface area contributed by atoms with Gasteiger partial charge in [0, 0.05) is 11.1 Å². The van der Waals surface area contributed by atoms with Gasteiger partial charge in [-0.1, -0.05) is 54.6 Å². The van der Waals surface area contributed by atoms with Gasteiger partial charge in [-0.3, -0.25) is 0 Å². The van der Waals surface area contributed by atoms with Gasteiger partial charge in [-0.05, 0) is 19.4 Å². The fraction of sp³-hybridized carbons (Fsp3) is 0.222. The van der Waals surface area contributed by atoms with Crippen LogP contribution in [0.15, 0.2) is 67.1 Å². The van der Waals surface area contributed by atoms with Gasteiger partial charge in [-0.25, -0.2) is 0 Å². The highest BCUT2D eigenvalue weighted by atomic mass is 16.7. The van der Waals surface area contributed by atoms with Crippen LogP contribution in [-0.2, 0) is 20.9 Å². The maximum atomic E-state index is 10.5. The molecule has 108 valence electrons. The molecule has 0 atom stereocenters. The van der Waals surface area contributed by atoms with Crippen molar-refractivity contribution in [3.63, 3.8) is 0 Å². The molecule has 0 bridgehead atoms. The van der Waals surface area contributed by atoms with Crippen molar-refractivity contribution in [2.24, 2.45) is 0 Å². The third kappa shape index (κ3) is 2.30. The molecule has 3 heteroatoms. The lowest BCUT2D eigenvalue weighted by atomic mass is 9.86. The number of ether oxygens (including phenoxy) is 2. The predicted molar refractivity (Wildman–Crippen MR) is 80.2 cm³/mol. The van der Waals surface area contributed by atoms with Gasteiger partial charge < -0.3 is 14.6 Å². The van der Waals surface area contributed by atoms with E-state index in [2.05, 4.69) is 0 Å². The molecule has 1 aliphatic heterocycles. The summed E-state index contributed by atoms with van der Waals surface area (Å²) in [6, 6.07) is 17.4. The molecule has 2 aromatic carbocycles. The molecule has 2 aromatic rings. The summed E-state index contributed by atoms with van der Waals surface area (Å²) >= 11 is 0. The Hall–Kier alpha value is -2.26. The molecule has 1 heterocycles. The second kappa shape index (κ2) is 4.93. The summed E-state index contributed by atoms with van der Waals surface area (Å²) in [7, 11) is 0. The van der Waals surface area contributed by atoms with Crippen molar-refractivity contribution in [3.8, 4) is 0 Å². The summed E-state index contributed by atoms with van der Waals surface area (Å²) in [5.41, 5.74) is 1.46. The molecule has 0 saturated carbocycles. The average Bonchev–Trinajstić information content (AvgIpc) is 2.98. The highest BCUT2D eigenvalue weighted by molar-refractivity contribution is 5.42. The van der Waals surface area contributed by atoms with E-state index in [-0.39, 0.29) is 0 Å². The van der Waals surface area contributed by atoms with Gasteiger partial charge in [0.1, 0.15) is 12.5 Å². The molecule has 0 spiro atoms. The Morgan fingerprint density at radius 3 is 2.05 bits per heavy atom. The maximum absolute atomic E-state index is 10.5. The Labute approximate surface area is 124 Å². The van der Waals surface area contributed by atoms with Gasteiger partial charge in [0.2, 0.25) is 0 Å². The number of hydrogen-bond donors (Lipinski definition) is 1. The second-order valence-electron chi connectivity index (χ2n) is 5.60. The second-order valence-corrected chi connectivity index (χ2v) is 5.60. The van der Waals surface area contributed by atoms with Crippen LogP contribution in [0.1, 0.15) is 30.5 Å². The van der Waals surface area contributed by atoms with Crippen LogP contribution < -0.4 is 0 Å². The van der Waals surface area contributed by atoms with Gasteiger partial charge in [-0.2, -0.15) is 0 Å². The molecule has 0 aromatic heterocycles. The Balaban J connectivity index is 2.21. The van der Waals surface area contributed by atoms with Crippen molar-refractivity contribution >= 4 is 0 Å². The van der Waals surface area contributed by atoms with E-state index in [9.17, 15) is 5.11 Å². The average molecular weight is 282 g/mol. The van der Waals surface area contributed by atoms with E-state index in [4.69, 9.17) is 9.47 Å². The van der Waals surface area contributed by atoms with Gasteiger partial charge in [0.25, 0.3) is 0 Å². The number of aliphatic hydroxyl groups is 1. The minimum atomic E-state index is -1.04. The fourth-order valence-corrected chi connectivity index (χ4v) is 2.65. The number of rotatable bonds is 3. The Morgan fingerprint density at radius 1 is 0.857 bits per heavy atom. The van der Waals surface area contributed by atoms with Crippen molar-refractivity contribution in [1.29, 1.82) is 0 Å². The Kier molecular flexibility index (Phi) is 3.22. The third-order valence-electron chi connectivity index (χ3n) is 3.62. The molecule has 0 aliphatic carbocycles. The van der Waals surface area contributed by atoms with Crippen molar-refractivity contribution in [1.82, 2.24) is 0 Å². The zero-order valence-corrected chi connectivity index (χ0v) is 12.1. The third-order valence-corrected chi connectivity index (χ3v) is 3.62. The van der Waals surface area contributed by atoms with Crippen molar-refractivity contribution in [2.75, 3.05) is 0 Å². The first kappa shape index (κ1) is 13.7. The fourth-order valence-electron chi connectivity index (χ4n) is 2.65. The SMILES string of the molecule is CC(C)(O)c1ccccc1C1(c2ccccc2)OC=CO1. The predicted octanol–water partition coefficient (Wildman–Crippen LogP) is 3.63. The van der Waals surface area contributed by atoms with Crippen molar-refractivity contribution in [3.05, 3.63) is 83.8 Å². The van der Waals surface area contributed by atoms with Crippen molar-refractivity contribution in [2.45, 2.75) is 25.2 Å². The smallest absolute Gasteiger partial charge is 0.304 e. The highest BCUT2D eigenvalue weighted by Crippen LogP contribution is 2.42. The quantitative estimate of drug-likeness (QED) is 0.934. The lowest BCUT2D eigenvalue weighted by molar-refractivity contribution is -0.115. The summed E-state index contributed by atoms with van der Waals surface area (Å²) in [6.07, 6.45) is 3.07. The number of hydrogen-bond acceptors (Lipinski definition) is 3. The van der Waals surface area contributed by atoms with Gasteiger partial charge in [0.05, 0.1) is 5.60 Å². The molecule has 0 radical (unpaired) electrons. The zero-order valence-electron chi connectivity index (χ0n) is 12.1. The molecule has 0 fully saturated rings. The molecule has 0 unspecified atom stereocenters. The first-order valence-electron chi connectivity index (χ1n) is 6.92. The molecule has 1 aliphatic rings. The summed E-state index contributed by atoms with van der Waals surface area (Å²) < 4.78 is 11.7. The molecule has 0 amide bonds. The molecular weight excluding hydrogens is 264 g/mol. The summed E-state index contributed by atoms with van der Waals surface area (Å²) in [6.45, 7) is 3.51. The van der Waals surface area contributed by atoms with Crippen LogP contribution in [0, 0.1) is 0 Å². The van der Waals surface area contributed by atoms with Crippen LogP contribution in [-0.4, -0.2) is 5.11 Å². The van der Waals surface area contributed by atoms with E-state index in [1.807, 2.05) is 54.6 Å². The lowest BCUT2D eigenvalue weighted by Crippen LogP contribution is -2.33. The first-order valence-corrected chi connectivity index (χ1v) is 6.92.